The van der Waals surface area contributed by atoms with Gasteiger partial charge in [-0.3, -0.25) is 0 Å². The number of rotatable bonds is 2. The summed E-state index contributed by atoms with van der Waals surface area (Å²) in [6, 6.07) is 0. The zero-order valence-electron chi connectivity index (χ0n) is 9.18. The molecule has 0 bridgehead atoms. The Morgan fingerprint density at radius 2 is 1.85 bits per heavy atom. The molecule has 1 aliphatic rings. The minimum atomic E-state index is 0.369. The molecular weight excluding hydrogens is 160 g/mol. The predicted molar refractivity (Wildman–Crippen MR) is 56.5 cm³/mol. The highest BCUT2D eigenvalue weighted by molar-refractivity contribution is 4.85. The van der Waals surface area contributed by atoms with E-state index < -0.39 is 0 Å². The van der Waals surface area contributed by atoms with Crippen LogP contribution in [0.25, 0.3) is 0 Å². The van der Waals surface area contributed by atoms with Gasteiger partial charge in [0.15, 0.2) is 0 Å². The molecule has 1 nitrogen and oxygen atoms in total. The van der Waals surface area contributed by atoms with Crippen molar-refractivity contribution in [2.24, 2.45) is 11.3 Å². The fraction of sp³-hybridized carbons (Fsp3) is 0.833. The van der Waals surface area contributed by atoms with Crippen molar-refractivity contribution in [2.75, 3.05) is 0 Å². The summed E-state index contributed by atoms with van der Waals surface area (Å²) in [4.78, 5) is 0. The first-order chi connectivity index (χ1) is 6.05. The summed E-state index contributed by atoms with van der Waals surface area (Å²) in [7, 11) is 0. The van der Waals surface area contributed by atoms with Crippen molar-refractivity contribution in [3.8, 4) is 0 Å². The molecule has 0 aliphatic heterocycles. The molecule has 0 aromatic heterocycles. The van der Waals surface area contributed by atoms with E-state index in [1.54, 1.807) is 6.26 Å². The van der Waals surface area contributed by atoms with Crippen LogP contribution in [-0.2, 0) is 4.74 Å². The molecule has 0 unspecified atom stereocenters. The molecule has 0 amide bonds. The molecule has 2 atom stereocenters. The van der Waals surface area contributed by atoms with Crippen LogP contribution in [0.5, 0.6) is 0 Å². The van der Waals surface area contributed by atoms with Crippen molar-refractivity contribution in [3.63, 3.8) is 0 Å². The molecular formula is C12H22O. The standard InChI is InChI=1S/C12H22O/c1-5-13-11-9-7-6-8-10(11)12(2,3)4/h5,10-11H,1,6-9H2,2-4H3/t10-,11+/m0/s1. The van der Waals surface area contributed by atoms with Crippen LogP contribution >= 0.6 is 0 Å². The first kappa shape index (κ1) is 10.6. The minimum Gasteiger partial charge on any atom is -0.498 e. The lowest BCUT2D eigenvalue weighted by Crippen LogP contribution is -2.35. The molecule has 1 saturated carbocycles. The van der Waals surface area contributed by atoms with E-state index in [0.717, 1.165) is 0 Å². The van der Waals surface area contributed by atoms with Crippen LogP contribution in [0.3, 0.4) is 0 Å². The molecule has 0 radical (unpaired) electrons. The van der Waals surface area contributed by atoms with Crippen LogP contribution in [0.15, 0.2) is 12.8 Å². The van der Waals surface area contributed by atoms with Gasteiger partial charge in [0.05, 0.1) is 6.26 Å². The van der Waals surface area contributed by atoms with Crippen molar-refractivity contribution in [3.05, 3.63) is 12.8 Å². The van der Waals surface area contributed by atoms with Crippen molar-refractivity contribution in [1.29, 1.82) is 0 Å². The fourth-order valence-electron chi connectivity index (χ4n) is 2.37. The van der Waals surface area contributed by atoms with Gasteiger partial charge in [0.1, 0.15) is 6.10 Å². The van der Waals surface area contributed by atoms with Gasteiger partial charge in [-0.15, -0.1) is 0 Å². The smallest absolute Gasteiger partial charge is 0.101 e. The first-order valence-electron chi connectivity index (χ1n) is 5.32. The van der Waals surface area contributed by atoms with Crippen LogP contribution in [0, 0.1) is 11.3 Å². The average Bonchev–Trinajstić information content (AvgIpc) is 2.04. The highest BCUT2D eigenvalue weighted by Gasteiger charge is 2.34. The van der Waals surface area contributed by atoms with Crippen LogP contribution in [0.4, 0.5) is 0 Å². The Bertz CT molecular complexity index is 166. The second-order valence-corrected chi connectivity index (χ2v) is 5.10. The van der Waals surface area contributed by atoms with Gasteiger partial charge < -0.3 is 4.74 Å². The largest absolute Gasteiger partial charge is 0.498 e. The second-order valence-electron chi connectivity index (χ2n) is 5.10. The molecule has 0 spiro atoms. The molecule has 1 fully saturated rings. The Labute approximate surface area is 82.2 Å². The summed E-state index contributed by atoms with van der Waals surface area (Å²) in [5, 5.41) is 0. The van der Waals surface area contributed by atoms with E-state index in [9.17, 15) is 0 Å². The molecule has 13 heavy (non-hydrogen) atoms. The first-order valence-corrected chi connectivity index (χ1v) is 5.32. The average molecular weight is 182 g/mol. The molecule has 0 saturated heterocycles. The van der Waals surface area contributed by atoms with Crippen LogP contribution < -0.4 is 0 Å². The van der Waals surface area contributed by atoms with Gasteiger partial charge >= 0.3 is 0 Å². The van der Waals surface area contributed by atoms with Crippen LogP contribution in [0.1, 0.15) is 46.5 Å². The van der Waals surface area contributed by atoms with E-state index in [-0.39, 0.29) is 0 Å². The Kier molecular flexibility index (Phi) is 3.40. The lowest BCUT2D eigenvalue weighted by Gasteiger charge is -2.39. The molecule has 0 heterocycles. The third kappa shape index (κ3) is 2.75. The summed E-state index contributed by atoms with van der Waals surface area (Å²) in [5.41, 5.74) is 0.369. The Morgan fingerprint density at radius 1 is 1.23 bits per heavy atom. The molecule has 1 aliphatic carbocycles. The van der Waals surface area contributed by atoms with E-state index in [0.29, 0.717) is 17.4 Å². The number of ether oxygens (including phenoxy) is 1. The summed E-state index contributed by atoms with van der Waals surface area (Å²) in [6.45, 7) is 10.6. The fourth-order valence-corrected chi connectivity index (χ4v) is 2.37. The molecule has 1 rings (SSSR count). The van der Waals surface area contributed by atoms with E-state index in [1.807, 2.05) is 0 Å². The van der Waals surface area contributed by atoms with Gasteiger partial charge in [-0.2, -0.15) is 0 Å². The summed E-state index contributed by atoms with van der Waals surface area (Å²) < 4.78 is 5.59. The zero-order valence-corrected chi connectivity index (χ0v) is 9.18. The van der Waals surface area contributed by atoms with E-state index in [1.165, 1.54) is 25.7 Å². The lowest BCUT2D eigenvalue weighted by atomic mass is 9.71. The predicted octanol–water partition coefficient (Wildman–Crippen LogP) is 3.75. The van der Waals surface area contributed by atoms with Gasteiger partial charge in [-0.25, -0.2) is 0 Å². The normalized spacial score (nSPS) is 29.8. The van der Waals surface area contributed by atoms with Crippen molar-refractivity contribution < 1.29 is 4.74 Å². The topological polar surface area (TPSA) is 9.23 Å². The highest BCUT2D eigenvalue weighted by Crippen LogP contribution is 2.39. The van der Waals surface area contributed by atoms with Gasteiger partial charge in [-0.05, 0) is 24.7 Å². The van der Waals surface area contributed by atoms with Gasteiger partial charge in [-0.1, -0.05) is 33.8 Å². The van der Waals surface area contributed by atoms with Gasteiger partial charge in [0.25, 0.3) is 0 Å². The maximum Gasteiger partial charge on any atom is 0.101 e. The third-order valence-corrected chi connectivity index (χ3v) is 3.09. The van der Waals surface area contributed by atoms with Crippen molar-refractivity contribution >= 4 is 0 Å². The molecule has 0 N–H and O–H groups in total. The van der Waals surface area contributed by atoms with Crippen LogP contribution in [0.2, 0.25) is 0 Å². The molecule has 1 heteroatoms. The minimum absolute atomic E-state index is 0.369. The Hall–Kier alpha value is -0.460. The lowest BCUT2D eigenvalue weighted by molar-refractivity contribution is -0.000269. The van der Waals surface area contributed by atoms with Crippen molar-refractivity contribution in [1.82, 2.24) is 0 Å². The van der Waals surface area contributed by atoms with E-state index >= 15 is 0 Å². The monoisotopic (exact) mass is 182 g/mol. The third-order valence-electron chi connectivity index (χ3n) is 3.09. The summed E-state index contributed by atoms with van der Waals surface area (Å²) >= 11 is 0. The number of hydrogen-bond acceptors (Lipinski definition) is 1. The Morgan fingerprint density at radius 3 is 2.38 bits per heavy atom. The molecule has 0 aromatic carbocycles. The zero-order chi connectivity index (χ0) is 9.90. The van der Waals surface area contributed by atoms with E-state index in [4.69, 9.17) is 4.74 Å². The number of hydrogen-bond donors (Lipinski definition) is 0. The van der Waals surface area contributed by atoms with E-state index in [2.05, 4.69) is 27.4 Å². The maximum absolute atomic E-state index is 5.59. The van der Waals surface area contributed by atoms with Crippen molar-refractivity contribution in [2.45, 2.75) is 52.6 Å². The molecule has 76 valence electrons. The molecule has 0 aromatic rings. The quantitative estimate of drug-likeness (QED) is 0.591. The van der Waals surface area contributed by atoms with Gasteiger partial charge in [0.2, 0.25) is 0 Å². The van der Waals surface area contributed by atoms with Crippen LogP contribution in [-0.4, -0.2) is 6.10 Å². The maximum atomic E-state index is 5.59. The second kappa shape index (κ2) is 4.17. The SMILES string of the molecule is C=CO[C@@H]1CCCC[C@@H]1C(C)(C)C. The Balaban J connectivity index is 2.61. The summed E-state index contributed by atoms with van der Waals surface area (Å²) in [6.07, 6.45) is 7.19. The van der Waals surface area contributed by atoms with Gasteiger partial charge in [0, 0.05) is 5.92 Å². The highest BCUT2D eigenvalue weighted by atomic mass is 16.5. The summed E-state index contributed by atoms with van der Waals surface area (Å²) in [5.74, 6) is 0.694.